The van der Waals surface area contributed by atoms with E-state index in [0.29, 0.717) is 6.42 Å². The first kappa shape index (κ1) is 18.2. The normalized spacial score (nSPS) is 10.6. The number of rotatable bonds is 7. The van der Waals surface area contributed by atoms with Crippen LogP contribution >= 0.6 is 12.2 Å². The quantitative estimate of drug-likeness (QED) is 0.563. The number of nitrogens with zero attached hydrogens (tertiary/aromatic N) is 1. The van der Waals surface area contributed by atoms with Crippen LogP contribution in [-0.4, -0.2) is 54.4 Å². The van der Waals surface area contributed by atoms with Gasteiger partial charge in [0, 0.05) is 14.2 Å². The molecule has 1 unspecified atom stereocenters. The van der Waals surface area contributed by atoms with Crippen LogP contribution in [-0.2, 0) is 16.0 Å². The molecule has 1 atom stereocenters. The van der Waals surface area contributed by atoms with Crippen LogP contribution < -0.4 is 5.32 Å². The predicted molar refractivity (Wildman–Crippen MR) is 82.6 cm³/mol. The molecule has 5 nitrogen and oxygen atoms in total. The van der Waals surface area contributed by atoms with Crippen LogP contribution in [0.4, 0.5) is 0 Å². The second kappa shape index (κ2) is 11.1. The number of aldehydes is 1. The van der Waals surface area contributed by atoms with Gasteiger partial charge < -0.3 is 20.1 Å². The smallest absolute Gasteiger partial charge is 0.242 e. The highest BCUT2D eigenvalue weighted by Crippen LogP contribution is 2.06. The average Bonchev–Trinajstić information content (AvgIpc) is 2.52. The number of benzene rings is 1. The molecule has 0 bridgehead atoms. The summed E-state index contributed by atoms with van der Waals surface area (Å²) in [4.78, 5) is 24.3. The third-order valence-electron chi connectivity index (χ3n) is 2.67. The van der Waals surface area contributed by atoms with Crippen LogP contribution in [0, 0.1) is 0 Å². The second-order valence-electron chi connectivity index (χ2n) is 3.90. The topological polar surface area (TPSA) is 69.6 Å². The zero-order valence-electron chi connectivity index (χ0n) is 11.7. The maximum absolute atomic E-state index is 11.7. The average molecular weight is 296 g/mol. The van der Waals surface area contributed by atoms with Crippen LogP contribution in [0.5, 0.6) is 0 Å². The van der Waals surface area contributed by atoms with Gasteiger partial charge in [0.2, 0.25) is 5.91 Å². The van der Waals surface area contributed by atoms with Gasteiger partial charge in [0.25, 0.3) is 0 Å². The number of aliphatic hydroxyl groups excluding tert-OH is 1. The van der Waals surface area contributed by atoms with Crippen molar-refractivity contribution in [1.82, 2.24) is 10.2 Å². The maximum Gasteiger partial charge on any atom is 0.242 e. The lowest BCUT2D eigenvalue weighted by Gasteiger charge is -2.23. The summed E-state index contributed by atoms with van der Waals surface area (Å²) in [7, 11) is 2.62. The molecule has 0 aromatic heterocycles. The number of carbonyl (C=O) groups excluding carboxylic acids is 2. The third kappa shape index (κ3) is 6.40. The number of likely N-dealkylation sites (N-methyl/N-ethyl adjacent to an activating group) is 1. The van der Waals surface area contributed by atoms with E-state index in [4.69, 9.17) is 5.11 Å². The van der Waals surface area contributed by atoms with E-state index in [1.807, 2.05) is 30.3 Å². The highest BCUT2D eigenvalue weighted by Gasteiger charge is 2.18. The van der Waals surface area contributed by atoms with Crippen LogP contribution in [0.25, 0.3) is 0 Å². The van der Waals surface area contributed by atoms with E-state index in [-0.39, 0.29) is 12.5 Å². The van der Waals surface area contributed by atoms with Gasteiger partial charge in [-0.1, -0.05) is 42.5 Å². The Bertz CT molecular complexity index is 412. The molecular weight excluding hydrogens is 276 g/mol. The Balaban J connectivity index is 0.00000172. The van der Waals surface area contributed by atoms with Crippen molar-refractivity contribution in [3.63, 3.8) is 0 Å². The van der Waals surface area contributed by atoms with E-state index >= 15 is 0 Å². The summed E-state index contributed by atoms with van der Waals surface area (Å²) in [6.45, 7) is 0.110. The van der Waals surface area contributed by atoms with Gasteiger partial charge in [0.15, 0.2) is 0 Å². The van der Waals surface area contributed by atoms with Crippen LogP contribution in [0.2, 0.25) is 0 Å². The monoisotopic (exact) mass is 296 g/mol. The van der Waals surface area contributed by atoms with E-state index in [2.05, 4.69) is 17.5 Å². The Morgan fingerprint density at radius 1 is 1.40 bits per heavy atom. The lowest BCUT2D eigenvalue weighted by atomic mass is 10.1. The van der Waals surface area contributed by atoms with Crippen LogP contribution in [0.1, 0.15) is 5.56 Å². The summed E-state index contributed by atoms with van der Waals surface area (Å²) in [5.74, 6) is -0.163. The van der Waals surface area contributed by atoms with Crippen molar-refractivity contribution in [2.75, 3.05) is 20.7 Å². The molecular formula is C14H20N2O3S. The molecule has 0 radical (unpaired) electrons. The van der Waals surface area contributed by atoms with Gasteiger partial charge in [-0.15, -0.1) is 0 Å². The first-order chi connectivity index (χ1) is 9.69. The van der Waals surface area contributed by atoms with Gasteiger partial charge in [-0.05, 0) is 12.0 Å². The molecule has 0 aliphatic rings. The molecule has 110 valence electrons. The van der Waals surface area contributed by atoms with Crippen molar-refractivity contribution < 1.29 is 14.7 Å². The Hall–Kier alpha value is -1.79. The largest absolute Gasteiger partial charge is 0.400 e. The van der Waals surface area contributed by atoms with Gasteiger partial charge in [0.05, 0.1) is 18.1 Å². The van der Waals surface area contributed by atoms with Crippen molar-refractivity contribution in [2.24, 2.45) is 0 Å². The number of carbonyl (C=O) groups is 2. The van der Waals surface area contributed by atoms with E-state index in [9.17, 15) is 9.59 Å². The van der Waals surface area contributed by atoms with Gasteiger partial charge in [-0.2, -0.15) is 0 Å². The molecule has 1 rings (SSSR count). The van der Waals surface area contributed by atoms with E-state index in [1.54, 1.807) is 7.05 Å². The van der Waals surface area contributed by atoms with E-state index in [0.717, 1.165) is 19.0 Å². The van der Waals surface area contributed by atoms with Crippen molar-refractivity contribution in [2.45, 2.75) is 12.5 Å². The molecule has 1 aromatic carbocycles. The zero-order valence-corrected chi connectivity index (χ0v) is 12.5. The molecule has 1 amide bonds. The lowest BCUT2D eigenvalue weighted by molar-refractivity contribution is -0.133. The SMILES string of the molecule is CN(C(=O)CNC=S)C(C=O)Cc1ccccc1.CO. The molecule has 0 aliphatic carbocycles. The second-order valence-corrected chi connectivity index (χ2v) is 4.13. The Kier molecular flexibility index (Phi) is 10.1. The van der Waals surface area contributed by atoms with Crippen molar-refractivity contribution in [1.29, 1.82) is 0 Å². The summed E-state index contributed by atoms with van der Waals surface area (Å²) >= 11 is 4.58. The van der Waals surface area contributed by atoms with Gasteiger partial charge in [0.1, 0.15) is 6.29 Å². The molecule has 0 spiro atoms. The molecule has 0 saturated carbocycles. The number of thiocarbonyl (C=S) groups is 1. The zero-order chi connectivity index (χ0) is 15.4. The molecule has 1 aromatic rings. The number of amides is 1. The Morgan fingerprint density at radius 3 is 2.50 bits per heavy atom. The van der Waals surface area contributed by atoms with Crippen LogP contribution in [0.15, 0.2) is 30.3 Å². The first-order valence-electron chi connectivity index (χ1n) is 6.05. The summed E-state index contributed by atoms with van der Waals surface area (Å²) in [6, 6.07) is 9.15. The van der Waals surface area contributed by atoms with Gasteiger partial charge in [-0.25, -0.2) is 0 Å². The van der Waals surface area contributed by atoms with Crippen LogP contribution in [0.3, 0.4) is 0 Å². The summed E-state index contributed by atoms with van der Waals surface area (Å²) in [5.41, 5.74) is 2.32. The number of hydrogen-bond acceptors (Lipinski definition) is 4. The van der Waals surface area contributed by atoms with Crippen molar-refractivity contribution in [3.05, 3.63) is 35.9 Å². The maximum atomic E-state index is 11.7. The predicted octanol–water partition coefficient (Wildman–Crippen LogP) is 0.410. The number of nitrogens with one attached hydrogen (secondary N) is 1. The molecule has 6 heteroatoms. The van der Waals surface area contributed by atoms with E-state index in [1.165, 1.54) is 10.4 Å². The van der Waals surface area contributed by atoms with Gasteiger partial charge in [-0.3, -0.25) is 4.79 Å². The lowest BCUT2D eigenvalue weighted by Crippen LogP contribution is -2.43. The standard InChI is InChI=1S/C13H16N2O2S.CH4O/c1-15(13(17)8-14-10-18)12(9-16)7-11-5-3-2-4-6-11;1-2/h2-6,9-10,12H,7-8H2,1H3,(H,14,18);2H,1H3. The fourth-order valence-electron chi connectivity index (χ4n) is 1.57. The summed E-state index contributed by atoms with van der Waals surface area (Å²) in [6.07, 6.45) is 1.31. The number of hydrogen-bond donors (Lipinski definition) is 2. The van der Waals surface area contributed by atoms with Gasteiger partial charge >= 0.3 is 0 Å². The summed E-state index contributed by atoms with van der Waals surface area (Å²) < 4.78 is 0. The molecule has 2 N–H and O–H groups in total. The first-order valence-corrected chi connectivity index (χ1v) is 6.52. The molecule has 20 heavy (non-hydrogen) atoms. The minimum Gasteiger partial charge on any atom is -0.400 e. The fourth-order valence-corrected chi connectivity index (χ4v) is 1.65. The molecule has 0 heterocycles. The summed E-state index contributed by atoms with van der Waals surface area (Å²) in [5, 5.41) is 9.65. The minimum atomic E-state index is -0.452. The Labute approximate surface area is 124 Å². The minimum absolute atomic E-state index is 0.110. The molecule has 0 saturated heterocycles. The van der Waals surface area contributed by atoms with E-state index < -0.39 is 6.04 Å². The Morgan fingerprint density at radius 2 is 2.00 bits per heavy atom. The molecule has 0 aliphatic heterocycles. The van der Waals surface area contributed by atoms with Crippen molar-refractivity contribution in [3.8, 4) is 0 Å². The fraction of sp³-hybridized carbons (Fsp3) is 0.357. The third-order valence-corrected chi connectivity index (χ3v) is 2.84. The molecule has 0 fully saturated rings. The number of aliphatic hydroxyl groups is 1. The highest BCUT2D eigenvalue weighted by molar-refractivity contribution is 7.78. The highest BCUT2D eigenvalue weighted by atomic mass is 32.1. The van der Waals surface area contributed by atoms with Crippen molar-refractivity contribution >= 4 is 29.9 Å².